The van der Waals surface area contributed by atoms with E-state index in [0.717, 1.165) is 12.8 Å². The number of terminal acetylenes is 1. The molecule has 72 valence electrons. The van der Waals surface area contributed by atoms with Crippen LogP contribution < -0.4 is 0 Å². The molecule has 0 amide bonds. The molecule has 0 N–H and O–H groups in total. The van der Waals surface area contributed by atoms with Crippen LogP contribution in [0.1, 0.15) is 17.5 Å². The van der Waals surface area contributed by atoms with Gasteiger partial charge in [-0.05, 0) is 24.0 Å². The van der Waals surface area contributed by atoms with Crippen molar-refractivity contribution in [1.29, 1.82) is 0 Å². The molecule has 14 heavy (non-hydrogen) atoms. The zero-order valence-electron chi connectivity index (χ0n) is 7.86. The molecular weight excluding hydrogens is 194 g/mol. The first-order chi connectivity index (χ1) is 6.42. The molecule has 1 aromatic rings. The van der Waals surface area contributed by atoms with E-state index in [4.69, 9.17) is 6.42 Å². The van der Waals surface area contributed by atoms with Crippen LogP contribution in [0.25, 0.3) is 0 Å². The number of aliphatic imine (C=N–C) groups is 1. The lowest BCUT2D eigenvalue weighted by Crippen LogP contribution is -1.94. The van der Waals surface area contributed by atoms with E-state index >= 15 is 0 Å². The van der Waals surface area contributed by atoms with E-state index in [9.17, 15) is 0 Å². The quantitative estimate of drug-likeness (QED) is 0.625. The fourth-order valence-corrected chi connectivity index (χ4v) is 1.71. The SMILES string of the molecule is C#CCN=C1CCc2ccccc21.Cl. The van der Waals surface area contributed by atoms with Crippen molar-refractivity contribution in [1.82, 2.24) is 0 Å². The van der Waals surface area contributed by atoms with E-state index in [1.165, 1.54) is 16.8 Å². The van der Waals surface area contributed by atoms with Crippen molar-refractivity contribution in [3.05, 3.63) is 35.4 Å². The second-order valence-corrected chi connectivity index (χ2v) is 3.12. The zero-order valence-corrected chi connectivity index (χ0v) is 8.68. The van der Waals surface area contributed by atoms with Gasteiger partial charge in [-0.1, -0.05) is 30.2 Å². The van der Waals surface area contributed by atoms with Gasteiger partial charge in [-0.2, -0.15) is 0 Å². The Labute approximate surface area is 90.7 Å². The molecule has 0 saturated carbocycles. The normalized spacial score (nSPS) is 15.8. The third-order valence-electron chi connectivity index (χ3n) is 2.32. The van der Waals surface area contributed by atoms with Crippen LogP contribution >= 0.6 is 12.4 Å². The maximum absolute atomic E-state index is 5.17. The molecular formula is C12H12ClN. The number of benzene rings is 1. The Bertz CT molecular complexity index is 388. The Kier molecular flexibility index (Phi) is 3.73. The summed E-state index contributed by atoms with van der Waals surface area (Å²) < 4.78 is 0. The van der Waals surface area contributed by atoms with Crippen LogP contribution in [-0.2, 0) is 6.42 Å². The molecule has 0 bridgehead atoms. The molecule has 1 aliphatic carbocycles. The van der Waals surface area contributed by atoms with Crippen molar-refractivity contribution in [2.45, 2.75) is 12.8 Å². The number of hydrogen-bond acceptors (Lipinski definition) is 1. The highest BCUT2D eigenvalue weighted by atomic mass is 35.5. The average molecular weight is 206 g/mol. The lowest BCUT2D eigenvalue weighted by Gasteiger charge is -1.97. The molecule has 2 heteroatoms. The van der Waals surface area contributed by atoms with Crippen LogP contribution in [0.15, 0.2) is 29.3 Å². The first-order valence-electron chi connectivity index (χ1n) is 4.47. The van der Waals surface area contributed by atoms with E-state index in [-0.39, 0.29) is 12.4 Å². The van der Waals surface area contributed by atoms with Gasteiger partial charge in [-0.25, -0.2) is 0 Å². The van der Waals surface area contributed by atoms with Gasteiger partial charge in [-0.15, -0.1) is 18.8 Å². The molecule has 1 aliphatic rings. The van der Waals surface area contributed by atoms with Crippen molar-refractivity contribution >= 4 is 18.1 Å². The van der Waals surface area contributed by atoms with E-state index in [1.54, 1.807) is 0 Å². The molecule has 0 fully saturated rings. The standard InChI is InChI=1S/C12H11N.ClH/c1-2-9-13-12-8-7-10-5-3-4-6-11(10)12;/h1,3-6H,7-9H2;1H. The Morgan fingerprint density at radius 2 is 2.07 bits per heavy atom. The van der Waals surface area contributed by atoms with Crippen LogP contribution in [0, 0.1) is 12.3 Å². The minimum absolute atomic E-state index is 0. The van der Waals surface area contributed by atoms with Gasteiger partial charge in [0.05, 0.1) is 6.54 Å². The minimum atomic E-state index is 0. The van der Waals surface area contributed by atoms with Crippen LogP contribution in [0.3, 0.4) is 0 Å². The minimum Gasteiger partial charge on any atom is -0.276 e. The summed E-state index contributed by atoms with van der Waals surface area (Å²) in [6.45, 7) is 0.504. The predicted octanol–water partition coefficient (Wildman–Crippen LogP) is 2.48. The summed E-state index contributed by atoms with van der Waals surface area (Å²) in [6, 6.07) is 8.41. The fraction of sp³-hybridized carbons (Fsp3) is 0.250. The number of aryl methyl sites for hydroxylation is 1. The molecule has 0 saturated heterocycles. The maximum atomic E-state index is 5.17. The molecule has 0 radical (unpaired) electrons. The smallest absolute Gasteiger partial charge is 0.0998 e. The van der Waals surface area contributed by atoms with Crippen molar-refractivity contribution in [3.63, 3.8) is 0 Å². The van der Waals surface area contributed by atoms with Gasteiger partial charge in [0, 0.05) is 5.71 Å². The third kappa shape index (κ3) is 1.97. The third-order valence-corrected chi connectivity index (χ3v) is 2.32. The summed E-state index contributed by atoms with van der Waals surface area (Å²) >= 11 is 0. The molecule has 0 aliphatic heterocycles. The van der Waals surface area contributed by atoms with Gasteiger partial charge in [0.25, 0.3) is 0 Å². The van der Waals surface area contributed by atoms with Crippen LogP contribution in [-0.4, -0.2) is 12.3 Å². The highest BCUT2D eigenvalue weighted by molar-refractivity contribution is 6.04. The van der Waals surface area contributed by atoms with Gasteiger partial charge in [0.1, 0.15) is 0 Å². The lowest BCUT2D eigenvalue weighted by molar-refractivity contribution is 1.08. The van der Waals surface area contributed by atoms with Crippen molar-refractivity contribution < 1.29 is 0 Å². The highest BCUT2D eigenvalue weighted by Gasteiger charge is 2.15. The maximum Gasteiger partial charge on any atom is 0.0998 e. The highest BCUT2D eigenvalue weighted by Crippen LogP contribution is 2.21. The molecule has 0 unspecified atom stereocenters. The average Bonchev–Trinajstić information content (AvgIpc) is 2.58. The molecule has 2 rings (SSSR count). The summed E-state index contributed by atoms with van der Waals surface area (Å²) in [5.74, 6) is 2.54. The van der Waals surface area contributed by atoms with E-state index < -0.39 is 0 Å². The van der Waals surface area contributed by atoms with Crippen molar-refractivity contribution in [2.75, 3.05) is 6.54 Å². The first-order valence-corrected chi connectivity index (χ1v) is 4.47. The number of hydrogen-bond donors (Lipinski definition) is 0. The van der Waals surface area contributed by atoms with Crippen LogP contribution in [0.5, 0.6) is 0 Å². The first kappa shape index (κ1) is 10.8. The summed E-state index contributed by atoms with van der Waals surface area (Å²) in [5.41, 5.74) is 3.87. The topological polar surface area (TPSA) is 12.4 Å². The van der Waals surface area contributed by atoms with E-state index in [2.05, 4.69) is 35.2 Å². The number of nitrogens with zero attached hydrogens (tertiary/aromatic N) is 1. The summed E-state index contributed by atoms with van der Waals surface area (Å²) in [4.78, 5) is 4.36. The van der Waals surface area contributed by atoms with Crippen molar-refractivity contribution in [2.24, 2.45) is 4.99 Å². The molecule has 0 heterocycles. The van der Waals surface area contributed by atoms with Crippen molar-refractivity contribution in [3.8, 4) is 12.3 Å². The predicted molar refractivity (Wildman–Crippen MR) is 62.2 cm³/mol. The monoisotopic (exact) mass is 205 g/mol. The molecule has 1 nitrogen and oxygen atoms in total. The Balaban J connectivity index is 0.000000980. The molecule has 0 atom stereocenters. The largest absolute Gasteiger partial charge is 0.276 e. The van der Waals surface area contributed by atoms with Crippen LogP contribution in [0.4, 0.5) is 0 Å². The van der Waals surface area contributed by atoms with Gasteiger partial charge in [0.2, 0.25) is 0 Å². The number of rotatable bonds is 1. The molecule has 1 aromatic carbocycles. The van der Waals surface area contributed by atoms with Gasteiger partial charge >= 0.3 is 0 Å². The lowest BCUT2D eigenvalue weighted by atomic mass is 10.1. The summed E-state index contributed by atoms with van der Waals surface area (Å²) in [7, 11) is 0. The van der Waals surface area contributed by atoms with E-state index in [0.29, 0.717) is 6.54 Å². The van der Waals surface area contributed by atoms with Gasteiger partial charge < -0.3 is 0 Å². The Morgan fingerprint density at radius 3 is 2.86 bits per heavy atom. The van der Waals surface area contributed by atoms with Gasteiger partial charge in [0.15, 0.2) is 0 Å². The van der Waals surface area contributed by atoms with Gasteiger partial charge in [-0.3, -0.25) is 4.99 Å². The number of fused-ring (bicyclic) bond motifs is 1. The Hall–Kier alpha value is -1.26. The molecule has 0 aromatic heterocycles. The Morgan fingerprint density at radius 1 is 1.29 bits per heavy atom. The molecule has 0 spiro atoms. The van der Waals surface area contributed by atoms with E-state index in [1.807, 2.05) is 0 Å². The van der Waals surface area contributed by atoms with Crippen LogP contribution in [0.2, 0.25) is 0 Å². The summed E-state index contributed by atoms with van der Waals surface area (Å²) in [5, 5.41) is 0. The second-order valence-electron chi connectivity index (χ2n) is 3.12. The second kappa shape index (κ2) is 4.83. The fourth-order valence-electron chi connectivity index (χ4n) is 1.71. The number of halogens is 1. The summed E-state index contributed by atoms with van der Waals surface area (Å²) in [6.07, 6.45) is 7.32. The zero-order chi connectivity index (χ0) is 9.10.